The summed E-state index contributed by atoms with van der Waals surface area (Å²) in [7, 11) is 1.46. The smallest absolute Gasteiger partial charge is 0.335 e. The van der Waals surface area contributed by atoms with Crippen molar-refractivity contribution in [1.29, 1.82) is 0 Å². The molecule has 0 aromatic heterocycles. The van der Waals surface area contributed by atoms with Gasteiger partial charge in [0.2, 0.25) is 0 Å². The molecule has 1 fully saturated rings. The molecule has 1 aromatic rings. The van der Waals surface area contributed by atoms with Crippen LogP contribution in [-0.4, -0.2) is 35.5 Å². The van der Waals surface area contributed by atoms with Crippen molar-refractivity contribution < 1.29 is 24.5 Å². The zero-order valence-electron chi connectivity index (χ0n) is 11.1. The molecule has 0 saturated heterocycles. The standard InChI is InChI=1S/C14H17BrO5/c1-19-12-7-8(14(17)18)6-9(15)13(12)20-11-5-3-2-4-10(11)16/h6-7,10-11,16H,2-5H2,1H3,(H,17,18). The van der Waals surface area contributed by atoms with Crippen LogP contribution in [-0.2, 0) is 0 Å². The van der Waals surface area contributed by atoms with Crippen molar-refractivity contribution in [2.75, 3.05) is 7.11 Å². The quantitative estimate of drug-likeness (QED) is 0.878. The lowest BCUT2D eigenvalue weighted by molar-refractivity contribution is 0.00525. The third-order valence-corrected chi connectivity index (χ3v) is 4.00. The zero-order chi connectivity index (χ0) is 14.7. The number of carbonyl (C=O) groups is 1. The van der Waals surface area contributed by atoms with Crippen molar-refractivity contribution in [3.05, 3.63) is 22.2 Å². The van der Waals surface area contributed by atoms with Crippen LogP contribution >= 0.6 is 15.9 Å². The van der Waals surface area contributed by atoms with Crippen LogP contribution in [0.2, 0.25) is 0 Å². The van der Waals surface area contributed by atoms with E-state index in [4.69, 9.17) is 14.6 Å². The fraction of sp³-hybridized carbons (Fsp3) is 0.500. The molecule has 20 heavy (non-hydrogen) atoms. The molecule has 1 aliphatic rings. The van der Waals surface area contributed by atoms with E-state index in [-0.39, 0.29) is 11.7 Å². The molecule has 1 saturated carbocycles. The van der Waals surface area contributed by atoms with Crippen LogP contribution < -0.4 is 9.47 Å². The molecule has 6 heteroatoms. The van der Waals surface area contributed by atoms with E-state index in [1.807, 2.05) is 0 Å². The van der Waals surface area contributed by atoms with Gasteiger partial charge < -0.3 is 19.7 Å². The van der Waals surface area contributed by atoms with E-state index in [2.05, 4.69) is 15.9 Å². The Hall–Kier alpha value is -1.27. The molecule has 110 valence electrons. The van der Waals surface area contributed by atoms with Gasteiger partial charge in [0.05, 0.1) is 23.2 Å². The van der Waals surface area contributed by atoms with Crippen molar-refractivity contribution in [3.63, 3.8) is 0 Å². The van der Waals surface area contributed by atoms with Gasteiger partial charge in [0, 0.05) is 0 Å². The summed E-state index contributed by atoms with van der Waals surface area (Å²) in [6.45, 7) is 0. The number of rotatable bonds is 4. The molecule has 2 unspecified atom stereocenters. The number of halogens is 1. The monoisotopic (exact) mass is 344 g/mol. The number of ether oxygens (including phenoxy) is 2. The highest BCUT2D eigenvalue weighted by Gasteiger charge is 2.27. The van der Waals surface area contributed by atoms with E-state index in [1.54, 1.807) is 0 Å². The Morgan fingerprint density at radius 3 is 2.65 bits per heavy atom. The second-order valence-corrected chi connectivity index (χ2v) is 5.66. The molecular formula is C14H17BrO5. The second-order valence-electron chi connectivity index (χ2n) is 4.80. The van der Waals surface area contributed by atoms with Crippen LogP contribution in [0.3, 0.4) is 0 Å². The predicted molar refractivity (Wildman–Crippen MR) is 76.5 cm³/mol. The van der Waals surface area contributed by atoms with Gasteiger partial charge in [-0.3, -0.25) is 0 Å². The summed E-state index contributed by atoms with van der Waals surface area (Å²) < 4.78 is 11.5. The average Bonchev–Trinajstić information content (AvgIpc) is 2.42. The van der Waals surface area contributed by atoms with Gasteiger partial charge >= 0.3 is 5.97 Å². The first-order chi connectivity index (χ1) is 9.52. The van der Waals surface area contributed by atoms with Crippen LogP contribution in [0.4, 0.5) is 0 Å². The third-order valence-electron chi connectivity index (χ3n) is 3.41. The summed E-state index contributed by atoms with van der Waals surface area (Å²) in [5, 5.41) is 19.0. The Labute approximate surface area is 125 Å². The number of hydrogen-bond donors (Lipinski definition) is 2. The molecule has 1 aromatic carbocycles. The normalized spacial score (nSPS) is 22.4. The maximum atomic E-state index is 11.0. The first-order valence-corrected chi connectivity index (χ1v) is 7.27. The van der Waals surface area contributed by atoms with E-state index >= 15 is 0 Å². The predicted octanol–water partition coefficient (Wildman–Crippen LogP) is 2.84. The number of hydrogen-bond acceptors (Lipinski definition) is 4. The lowest BCUT2D eigenvalue weighted by atomic mass is 9.95. The molecule has 2 rings (SSSR count). The third kappa shape index (κ3) is 3.24. The number of carboxylic acids is 1. The van der Waals surface area contributed by atoms with Gasteiger partial charge in [-0.15, -0.1) is 0 Å². The molecule has 0 spiro atoms. The van der Waals surface area contributed by atoms with Crippen molar-refractivity contribution in [2.45, 2.75) is 37.9 Å². The Balaban J connectivity index is 2.28. The van der Waals surface area contributed by atoms with Crippen LogP contribution in [0.5, 0.6) is 11.5 Å². The second kappa shape index (κ2) is 6.45. The summed E-state index contributed by atoms with van der Waals surface area (Å²) in [5.41, 5.74) is 0.116. The maximum absolute atomic E-state index is 11.0. The lowest BCUT2D eigenvalue weighted by Gasteiger charge is -2.29. The van der Waals surface area contributed by atoms with Gasteiger partial charge in [-0.1, -0.05) is 6.42 Å². The first-order valence-electron chi connectivity index (χ1n) is 6.48. The summed E-state index contributed by atoms with van der Waals surface area (Å²) >= 11 is 3.30. The van der Waals surface area contributed by atoms with E-state index in [1.165, 1.54) is 19.2 Å². The van der Waals surface area contributed by atoms with Crippen LogP contribution in [0.25, 0.3) is 0 Å². The number of benzene rings is 1. The largest absolute Gasteiger partial charge is 0.493 e. The van der Waals surface area contributed by atoms with Gasteiger partial charge in [-0.2, -0.15) is 0 Å². The van der Waals surface area contributed by atoms with Crippen LogP contribution in [0.1, 0.15) is 36.0 Å². The van der Waals surface area contributed by atoms with Crippen LogP contribution in [0.15, 0.2) is 16.6 Å². The number of carboxylic acid groups (broad SMARTS) is 1. The molecule has 0 amide bonds. The molecule has 1 aliphatic carbocycles. The molecule has 5 nitrogen and oxygen atoms in total. The molecule has 0 heterocycles. The van der Waals surface area contributed by atoms with E-state index < -0.39 is 12.1 Å². The minimum absolute atomic E-state index is 0.116. The fourth-order valence-corrected chi connectivity index (χ4v) is 2.86. The highest BCUT2D eigenvalue weighted by molar-refractivity contribution is 9.10. The number of aliphatic hydroxyl groups excluding tert-OH is 1. The summed E-state index contributed by atoms with van der Waals surface area (Å²) in [4.78, 5) is 11.0. The molecule has 2 N–H and O–H groups in total. The highest BCUT2D eigenvalue weighted by Crippen LogP contribution is 2.38. The minimum atomic E-state index is -1.03. The highest BCUT2D eigenvalue weighted by atomic mass is 79.9. The maximum Gasteiger partial charge on any atom is 0.335 e. The van der Waals surface area contributed by atoms with Crippen molar-refractivity contribution in [1.82, 2.24) is 0 Å². The molecule has 0 bridgehead atoms. The number of aliphatic hydroxyl groups is 1. The van der Waals surface area contributed by atoms with Crippen molar-refractivity contribution in [3.8, 4) is 11.5 Å². The lowest BCUT2D eigenvalue weighted by Crippen LogP contribution is -2.34. The topological polar surface area (TPSA) is 76.0 Å². The van der Waals surface area contributed by atoms with E-state index in [0.717, 1.165) is 25.7 Å². The molecule has 0 aliphatic heterocycles. The number of aromatic carboxylic acids is 1. The van der Waals surface area contributed by atoms with Crippen molar-refractivity contribution >= 4 is 21.9 Å². The Morgan fingerprint density at radius 1 is 1.35 bits per heavy atom. The minimum Gasteiger partial charge on any atom is -0.493 e. The Morgan fingerprint density at radius 2 is 2.05 bits per heavy atom. The summed E-state index contributed by atoms with van der Waals surface area (Å²) in [6.07, 6.45) is 2.71. The van der Waals surface area contributed by atoms with Gasteiger partial charge in [-0.05, 0) is 47.3 Å². The molecule has 2 atom stereocenters. The first kappa shape index (κ1) is 15.1. The zero-order valence-corrected chi connectivity index (χ0v) is 12.7. The fourth-order valence-electron chi connectivity index (χ4n) is 2.32. The number of methoxy groups -OCH3 is 1. The van der Waals surface area contributed by atoms with Gasteiger partial charge in [0.1, 0.15) is 6.10 Å². The van der Waals surface area contributed by atoms with Crippen LogP contribution in [0, 0.1) is 0 Å². The summed E-state index contributed by atoms with van der Waals surface area (Å²) in [6, 6.07) is 2.88. The Bertz CT molecular complexity index is 503. The van der Waals surface area contributed by atoms with E-state index in [9.17, 15) is 9.90 Å². The molecule has 0 radical (unpaired) electrons. The summed E-state index contributed by atoms with van der Waals surface area (Å²) in [5.74, 6) is -0.258. The van der Waals surface area contributed by atoms with Crippen molar-refractivity contribution in [2.24, 2.45) is 0 Å². The van der Waals surface area contributed by atoms with E-state index in [0.29, 0.717) is 16.0 Å². The van der Waals surface area contributed by atoms with Gasteiger partial charge in [0.25, 0.3) is 0 Å². The molecular weight excluding hydrogens is 328 g/mol. The average molecular weight is 345 g/mol. The SMILES string of the molecule is COc1cc(C(=O)O)cc(Br)c1OC1CCCCC1O. The Kier molecular flexibility index (Phi) is 4.88. The van der Waals surface area contributed by atoms with Gasteiger partial charge in [0.15, 0.2) is 11.5 Å². The van der Waals surface area contributed by atoms with Gasteiger partial charge in [-0.25, -0.2) is 4.79 Å².